The zero-order valence-electron chi connectivity index (χ0n) is 13.7. The van der Waals surface area contributed by atoms with Crippen LogP contribution in [0, 0.1) is 65.1 Å². The number of allylic oxidation sites excluding steroid dienone is 2. The second-order valence-electron chi connectivity index (χ2n) is 10.1. The molecular formula is C21H30. The van der Waals surface area contributed by atoms with Gasteiger partial charge in [0.15, 0.2) is 0 Å². The molecule has 6 bridgehead atoms. The van der Waals surface area contributed by atoms with E-state index in [1.807, 2.05) is 5.57 Å². The maximum absolute atomic E-state index is 2.69. The Hall–Kier alpha value is -0.260. The Morgan fingerprint density at radius 2 is 1.76 bits per heavy atom. The molecule has 0 aromatic rings. The maximum Gasteiger partial charge on any atom is -0.0160 e. The fourth-order valence-electron chi connectivity index (χ4n) is 9.00. The first-order chi connectivity index (χ1) is 10.2. The van der Waals surface area contributed by atoms with Gasteiger partial charge in [-0.25, -0.2) is 0 Å². The van der Waals surface area contributed by atoms with E-state index in [0.717, 1.165) is 47.3 Å². The third-order valence-electron chi connectivity index (χ3n) is 9.06. The molecule has 7 aliphatic rings. The summed E-state index contributed by atoms with van der Waals surface area (Å²) in [5.74, 6) is 12.4. The molecule has 7 rings (SSSR count). The van der Waals surface area contributed by atoms with E-state index in [1.54, 1.807) is 19.3 Å². The van der Waals surface area contributed by atoms with Gasteiger partial charge in [-0.1, -0.05) is 25.5 Å². The Kier molecular flexibility index (Phi) is 2.20. The Bertz CT molecular complexity index is 514. The molecule has 0 spiro atoms. The standard InChI is InChI=1S/C21H30/c1-10(2)3-12-7-14-8-15(12)21-18-9-17(20(14)21)16-6-11-4-13(5-11)19(16)18/h4,10,12-21H,3,5-9H2,1-2H3. The molecule has 5 saturated carbocycles. The molecule has 7 aliphatic carbocycles. The minimum atomic E-state index is 0.922. The van der Waals surface area contributed by atoms with Gasteiger partial charge in [0.25, 0.3) is 0 Å². The average Bonchev–Trinajstić information content (AvgIpc) is 3.12. The van der Waals surface area contributed by atoms with Crippen LogP contribution in [0.5, 0.6) is 0 Å². The smallest absolute Gasteiger partial charge is 0.0160 e. The van der Waals surface area contributed by atoms with Gasteiger partial charge in [0.05, 0.1) is 0 Å². The molecular weight excluding hydrogens is 252 g/mol. The quantitative estimate of drug-likeness (QED) is 0.485. The Balaban J connectivity index is 1.33. The first kappa shape index (κ1) is 12.2. The number of fused-ring (bicyclic) bond motifs is 9. The fourth-order valence-corrected chi connectivity index (χ4v) is 9.00. The van der Waals surface area contributed by atoms with Crippen molar-refractivity contribution >= 4 is 0 Å². The molecule has 5 fully saturated rings. The lowest BCUT2D eigenvalue weighted by Gasteiger charge is -2.53. The van der Waals surface area contributed by atoms with E-state index < -0.39 is 0 Å². The number of rotatable bonds is 2. The van der Waals surface area contributed by atoms with Crippen molar-refractivity contribution in [3.8, 4) is 0 Å². The van der Waals surface area contributed by atoms with Crippen LogP contribution in [0.1, 0.15) is 52.4 Å². The van der Waals surface area contributed by atoms with E-state index in [1.165, 1.54) is 37.0 Å². The summed E-state index contributed by atoms with van der Waals surface area (Å²) in [5, 5.41) is 0. The van der Waals surface area contributed by atoms with Gasteiger partial charge in [-0.3, -0.25) is 0 Å². The number of hydrogen-bond acceptors (Lipinski definition) is 0. The van der Waals surface area contributed by atoms with Crippen molar-refractivity contribution in [2.45, 2.75) is 52.4 Å². The van der Waals surface area contributed by atoms with Gasteiger partial charge in [-0.15, -0.1) is 0 Å². The predicted molar refractivity (Wildman–Crippen MR) is 85.5 cm³/mol. The van der Waals surface area contributed by atoms with Gasteiger partial charge in [0, 0.05) is 0 Å². The van der Waals surface area contributed by atoms with Crippen molar-refractivity contribution in [3.05, 3.63) is 11.6 Å². The van der Waals surface area contributed by atoms with Crippen molar-refractivity contribution in [3.63, 3.8) is 0 Å². The van der Waals surface area contributed by atoms with Crippen LogP contribution < -0.4 is 0 Å². The summed E-state index contributed by atoms with van der Waals surface area (Å²) in [6.45, 7) is 4.89. The lowest BCUT2D eigenvalue weighted by atomic mass is 9.52. The SMILES string of the molecule is CC(C)CC1CC2CC1C1C3CC(C4CC5=CC(C5)C43)C21. The maximum atomic E-state index is 2.69. The molecule has 0 heterocycles. The molecule has 21 heavy (non-hydrogen) atoms. The zero-order valence-corrected chi connectivity index (χ0v) is 13.7. The average molecular weight is 282 g/mol. The van der Waals surface area contributed by atoms with Gasteiger partial charge in [0.2, 0.25) is 0 Å². The van der Waals surface area contributed by atoms with Gasteiger partial charge in [-0.2, -0.15) is 0 Å². The second-order valence-corrected chi connectivity index (χ2v) is 10.1. The summed E-state index contributed by atoms with van der Waals surface area (Å²) in [4.78, 5) is 0. The summed E-state index contributed by atoms with van der Waals surface area (Å²) >= 11 is 0. The molecule has 114 valence electrons. The van der Waals surface area contributed by atoms with Crippen LogP contribution in [-0.2, 0) is 0 Å². The van der Waals surface area contributed by atoms with E-state index in [0.29, 0.717) is 0 Å². The van der Waals surface area contributed by atoms with Crippen molar-refractivity contribution in [2.24, 2.45) is 65.1 Å². The minimum Gasteiger partial charge on any atom is -0.0816 e. The van der Waals surface area contributed by atoms with Crippen molar-refractivity contribution < 1.29 is 0 Å². The zero-order chi connectivity index (χ0) is 13.9. The van der Waals surface area contributed by atoms with Gasteiger partial charge in [0.1, 0.15) is 0 Å². The van der Waals surface area contributed by atoms with E-state index in [9.17, 15) is 0 Å². The van der Waals surface area contributed by atoms with Crippen molar-refractivity contribution in [2.75, 3.05) is 0 Å². The van der Waals surface area contributed by atoms with Crippen LogP contribution in [0.3, 0.4) is 0 Å². The summed E-state index contributed by atoms with van der Waals surface area (Å²) in [5.41, 5.74) is 1.85. The van der Waals surface area contributed by atoms with E-state index in [-0.39, 0.29) is 0 Å². The lowest BCUT2D eigenvalue weighted by molar-refractivity contribution is -0.00333. The summed E-state index contributed by atoms with van der Waals surface area (Å²) in [6, 6.07) is 0. The molecule has 10 atom stereocenters. The molecule has 0 heteroatoms. The molecule has 10 unspecified atom stereocenters. The normalized spacial score (nSPS) is 61.8. The summed E-state index contributed by atoms with van der Waals surface area (Å²) in [7, 11) is 0. The molecule has 0 nitrogen and oxygen atoms in total. The first-order valence-electron chi connectivity index (χ1n) is 9.90. The monoisotopic (exact) mass is 282 g/mol. The highest BCUT2D eigenvalue weighted by Gasteiger charge is 2.69. The molecule has 0 amide bonds. The third kappa shape index (κ3) is 1.35. The van der Waals surface area contributed by atoms with Crippen LogP contribution in [-0.4, -0.2) is 0 Å². The highest BCUT2D eigenvalue weighted by atomic mass is 14.7. The Morgan fingerprint density at radius 3 is 2.57 bits per heavy atom. The van der Waals surface area contributed by atoms with Crippen LogP contribution in [0.2, 0.25) is 0 Å². The van der Waals surface area contributed by atoms with Gasteiger partial charge >= 0.3 is 0 Å². The minimum absolute atomic E-state index is 0.922. The second kappa shape index (κ2) is 3.80. The third-order valence-corrected chi connectivity index (χ3v) is 9.06. The Labute approximate surface area is 129 Å². The first-order valence-corrected chi connectivity index (χ1v) is 9.90. The highest BCUT2D eigenvalue weighted by Crippen LogP contribution is 2.75. The summed E-state index contributed by atoms with van der Waals surface area (Å²) < 4.78 is 0. The fraction of sp³-hybridized carbons (Fsp3) is 0.905. The largest absolute Gasteiger partial charge is 0.0816 e. The molecule has 0 saturated heterocycles. The number of hydrogen-bond donors (Lipinski definition) is 0. The summed E-state index contributed by atoms with van der Waals surface area (Å²) in [6.07, 6.45) is 12.2. The van der Waals surface area contributed by atoms with Gasteiger partial charge in [-0.05, 0) is 104 Å². The lowest BCUT2D eigenvalue weighted by Crippen LogP contribution is -2.46. The van der Waals surface area contributed by atoms with Crippen LogP contribution in [0.15, 0.2) is 11.6 Å². The van der Waals surface area contributed by atoms with E-state index in [4.69, 9.17) is 0 Å². The van der Waals surface area contributed by atoms with Crippen LogP contribution in [0.25, 0.3) is 0 Å². The topological polar surface area (TPSA) is 0 Å². The predicted octanol–water partition coefficient (Wildman–Crippen LogP) is 5.15. The molecule has 0 N–H and O–H groups in total. The van der Waals surface area contributed by atoms with Crippen molar-refractivity contribution in [1.29, 1.82) is 0 Å². The van der Waals surface area contributed by atoms with Crippen molar-refractivity contribution in [1.82, 2.24) is 0 Å². The van der Waals surface area contributed by atoms with Crippen LogP contribution >= 0.6 is 0 Å². The van der Waals surface area contributed by atoms with E-state index in [2.05, 4.69) is 19.9 Å². The van der Waals surface area contributed by atoms with Gasteiger partial charge < -0.3 is 0 Å². The Morgan fingerprint density at radius 1 is 0.905 bits per heavy atom. The molecule has 0 aromatic carbocycles. The van der Waals surface area contributed by atoms with E-state index >= 15 is 0 Å². The molecule has 0 aromatic heterocycles. The molecule has 0 radical (unpaired) electrons. The van der Waals surface area contributed by atoms with Crippen LogP contribution in [0.4, 0.5) is 0 Å². The molecule has 0 aliphatic heterocycles. The highest BCUT2D eigenvalue weighted by molar-refractivity contribution is 5.29.